The van der Waals surface area contributed by atoms with Gasteiger partial charge in [-0.2, -0.15) is 0 Å². The van der Waals surface area contributed by atoms with Crippen molar-refractivity contribution >= 4 is 45.0 Å². The van der Waals surface area contributed by atoms with E-state index in [4.69, 9.17) is 11.6 Å². The molecule has 0 bridgehead atoms. The standard InChI is InChI=1S/C17H12ClI/c1-11-10-13-4-2-3-5-15(13)16(17(11)19)12-6-8-14(18)9-7-12/h2-10H,1H3. The summed E-state index contributed by atoms with van der Waals surface area (Å²) in [7, 11) is 0. The average molecular weight is 379 g/mol. The van der Waals surface area contributed by atoms with Gasteiger partial charge in [-0.1, -0.05) is 54.1 Å². The van der Waals surface area contributed by atoms with E-state index in [1.807, 2.05) is 12.1 Å². The molecule has 94 valence electrons. The molecule has 0 unspecified atom stereocenters. The van der Waals surface area contributed by atoms with Crippen molar-refractivity contribution in [2.75, 3.05) is 0 Å². The molecule has 0 fully saturated rings. The van der Waals surface area contributed by atoms with E-state index in [9.17, 15) is 0 Å². The van der Waals surface area contributed by atoms with Gasteiger partial charge in [-0.05, 0) is 63.5 Å². The van der Waals surface area contributed by atoms with Crippen LogP contribution in [0.3, 0.4) is 0 Å². The maximum Gasteiger partial charge on any atom is 0.0406 e. The van der Waals surface area contributed by atoms with Gasteiger partial charge in [-0.3, -0.25) is 0 Å². The molecule has 0 aliphatic rings. The zero-order valence-electron chi connectivity index (χ0n) is 10.5. The third-order valence-electron chi connectivity index (χ3n) is 3.30. The molecule has 3 aromatic rings. The normalized spacial score (nSPS) is 10.9. The van der Waals surface area contributed by atoms with Gasteiger partial charge in [-0.15, -0.1) is 0 Å². The van der Waals surface area contributed by atoms with E-state index in [0.717, 1.165) is 5.02 Å². The molecule has 0 spiro atoms. The molecule has 0 N–H and O–H groups in total. The van der Waals surface area contributed by atoms with Crippen LogP contribution in [0.4, 0.5) is 0 Å². The molecule has 0 aromatic heterocycles. The molecule has 19 heavy (non-hydrogen) atoms. The zero-order chi connectivity index (χ0) is 13.4. The van der Waals surface area contributed by atoms with Crippen molar-refractivity contribution in [3.05, 3.63) is 68.8 Å². The van der Waals surface area contributed by atoms with Crippen LogP contribution in [0, 0.1) is 10.5 Å². The Balaban J connectivity index is 2.38. The fraction of sp³-hybridized carbons (Fsp3) is 0.0588. The van der Waals surface area contributed by atoms with Gasteiger partial charge in [0.05, 0.1) is 0 Å². The van der Waals surface area contributed by atoms with Crippen LogP contribution < -0.4 is 0 Å². The fourth-order valence-electron chi connectivity index (χ4n) is 2.36. The molecule has 0 atom stereocenters. The lowest BCUT2D eigenvalue weighted by molar-refractivity contribution is 1.45. The molecule has 0 aliphatic carbocycles. The van der Waals surface area contributed by atoms with Gasteiger partial charge in [0.15, 0.2) is 0 Å². The second-order valence-electron chi connectivity index (χ2n) is 4.61. The summed E-state index contributed by atoms with van der Waals surface area (Å²) in [6, 6.07) is 18.8. The summed E-state index contributed by atoms with van der Waals surface area (Å²) >= 11 is 8.42. The predicted octanol–water partition coefficient (Wildman–Crippen LogP) is 6.07. The van der Waals surface area contributed by atoms with Crippen LogP contribution in [0.5, 0.6) is 0 Å². The minimum absolute atomic E-state index is 0.774. The molecule has 2 heteroatoms. The Kier molecular flexibility index (Phi) is 3.50. The monoisotopic (exact) mass is 378 g/mol. The smallest absolute Gasteiger partial charge is 0.0406 e. The largest absolute Gasteiger partial charge is 0.0843 e. The third kappa shape index (κ3) is 2.37. The number of aryl methyl sites for hydroxylation is 1. The van der Waals surface area contributed by atoms with E-state index < -0.39 is 0 Å². The summed E-state index contributed by atoms with van der Waals surface area (Å²) in [5, 5.41) is 3.35. The lowest BCUT2D eigenvalue weighted by Gasteiger charge is -2.12. The predicted molar refractivity (Wildman–Crippen MR) is 91.8 cm³/mol. The van der Waals surface area contributed by atoms with Gasteiger partial charge in [0.25, 0.3) is 0 Å². The minimum atomic E-state index is 0.774. The maximum atomic E-state index is 5.99. The van der Waals surface area contributed by atoms with Gasteiger partial charge in [0.1, 0.15) is 0 Å². The first kappa shape index (κ1) is 12.9. The average Bonchev–Trinajstić information content (AvgIpc) is 2.42. The Labute approximate surface area is 131 Å². The third-order valence-corrected chi connectivity index (χ3v) is 4.94. The molecule has 3 rings (SSSR count). The SMILES string of the molecule is Cc1cc2ccccc2c(-c2ccc(Cl)cc2)c1I. The van der Waals surface area contributed by atoms with Crippen molar-refractivity contribution < 1.29 is 0 Å². The Morgan fingerprint density at radius 3 is 2.37 bits per heavy atom. The first-order valence-electron chi connectivity index (χ1n) is 6.10. The first-order chi connectivity index (χ1) is 9.16. The summed E-state index contributed by atoms with van der Waals surface area (Å²) in [5.74, 6) is 0. The van der Waals surface area contributed by atoms with E-state index in [-0.39, 0.29) is 0 Å². The van der Waals surface area contributed by atoms with Crippen LogP contribution in [-0.4, -0.2) is 0 Å². The van der Waals surface area contributed by atoms with Crippen LogP contribution in [0.1, 0.15) is 5.56 Å². The summed E-state index contributed by atoms with van der Waals surface area (Å²) in [5.41, 5.74) is 3.82. The number of hydrogen-bond donors (Lipinski definition) is 0. The zero-order valence-corrected chi connectivity index (χ0v) is 13.4. The van der Waals surface area contributed by atoms with Crippen molar-refractivity contribution in [1.29, 1.82) is 0 Å². The Morgan fingerprint density at radius 2 is 1.63 bits per heavy atom. The number of hydrogen-bond acceptors (Lipinski definition) is 0. The van der Waals surface area contributed by atoms with Gasteiger partial charge in [-0.25, -0.2) is 0 Å². The molecule has 0 amide bonds. The highest BCUT2D eigenvalue weighted by atomic mass is 127. The summed E-state index contributed by atoms with van der Waals surface area (Å²) in [6.07, 6.45) is 0. The second kappa shape index (κ2) is 5.14. The van der Waals surface area contributed by atoms with Crippen LogP contribution in [0.15, 0.2) is 54.6 Å². The Hall–Kier alpha value is -1.06. The van der Waals surface area contributed by atoms with Gasteiger partial charge >= 0.3 is 0 Å². The van der Waals surface area contributed by atoms with Crippen molar-refractivity contribution in [3.8, 4) is 11.1 Å². The molecule has 0 saturated heterocycles. The van der Waals surface area contributed by atoms with Crippen molar-refractivity contribution in [3.63, 3.8) is 0 Å². The molecule has 0 heterocycles. The molecule has 0 saturated carbocycles. The molecule has 3 aromatic carbocycles. The Morgan fingerprint density at radius 1 is 0.947 bits per heavy atom. The quantitative estimate of drug-likeness (QED) is 0.451. The van der Waals surface area contributed by atoms with Gasteiger partial charge < -0.3 is 0 Å². The second-order valence-corrected chi connectivity index (χ2v) is 6.13. The molecular formula is C17H12ClI. The fourth-order valence-corrected chi connectivity index (χ4v) is 3.24. The maximum absolute atomic E-state index is 5.99. The number of benzene rings is 3. The highest BCUT2D eigenvalue weighted by Gasteiger charge is 2.10. The van der Waals surface area contributed by atoms with E-state index in [2.05, 4.69) is 72.0 Å². The topological polar surface area (TPSA) is 0 Å². The van der Waals surface area contributed by atoms with E-state index in [1.54, 1.807) is 0 Å². The van der Waals surface area contributed by atoms with Crippen LogP contribution in [0.25, 0.3) is 21.9 Å². The van der Waals surface area contributed by atoms with Crippen molar-refractivity contribution in [1.82, 2.24) is 0 Å². The van der Waals surface area contributed by atoms with E-state index in [1.165, 1.54) is 31.0 Å². The molecule has 0 radical (unpaired) electrons. The molecule has 0 aliphatic heterocycles. The summed E-state index contributed by atoms with van der Waals surface area (Å²) in [6.45, 7) is 2.16. The van der Waals surface area contributed by atoms with Crippen LogP contribution in [0.2, 0.25) is 5.02 Å². The van der Waals surface area contributed by atoms with Gasteiger partial charge in [0, 0.05) is 14.2 Å². The highest BCUT2D eigenvalue weighted by molar-refractivity contribution is 14.1. The highest BCUT2D eigenvalue weighted by Crippen LogP contribution is 2.35. The number of halogens is 2. The van der Waals surface area contributed by atoms with E-state index >= 15 is 0 Å². The Bertz CT molecular complexity index is 745. The number of rotatable bonds is 1. The van der Waals surface area contributed by atoms with Crippen LogP contribution in [-0.2, 0) is 0 Å². The van der Waals surface area contributed by atoms with Crippen LogP contribution >= 0.6 is 34.2 Å². The van der Waals surface area contributed by atoms with Gasteiger partial charge in [0.2, 0.25) is 0 Å². The van der Waals surface area contributed by atoms with E-state index in [0.29, 0.717) is 0 Å². The molecule has 0 nitrogen and oxygen atoms in total. The lowest BCUT2D eigenvalue weighted by Crippen LogP contribution is -1.90. The van der Waals surface area contributed by atoms with Crippen molar-refractivity contribution in [2.24, 2.45) is 0 Å². The number of fused-ring (bicyclic) bond motifs is 1. The summed E-state index contributed by atoms with van der Waals surface area (Å²) < 4.78 is 1.30. The minimum Gasteiger partial charge on any atom is -0.0843 e. The first-order valence-corrected chi connectivity index (χ1v) is 7.56. The molecular weight excluding hydrogens is 367 g/mol. The summed E-state index contributed by atoms with van der Waals surface area (Å²) in [4.78, 5) is 0. The lowest BCUT2D eigenvalue weighted by atomic mass is 9.96. The van der Waals surface area contributed by atoms with Crippen molar-refractivity contribution in [2.45, 2.75) is 6.92 Å².